The normalized spacial score (nSPS) is 12.7. The van der Waals surface area contributed by atoms with Crippen LogP contribution in [0.4, 0.5) is 5.69 Å². The zero-order valence-corrected chi connectivity index (χ0v) is 14.8. The van der Waals surface area contributed by atoms with Gasteiger partial charge < -0.3 is 15.4 Å². The Morgan fingerprint density at radius 2 is 1.79 bits per heavy atom. The van der Waals surface area contributed by atoms with E-state index < -0.39 is 0 Å². The predicted octanol–water partition coefficient (Wildman–Crippen LogP) is 4.03. The van der Waals surface area contributed by atoms with Gasteiger partial charge in [-0.2, -0.15) is 0 Å². The molecular formula is C20H27N3O. The molecule has 0 aromatic heterocycles. The Bertz CT molecular complexity index is 638. The smallest absolute Gasteiger partial charge is 0.195 e. The second-order valence-corrected chi connectivity index (χ2v) is 5.86. The Kier molecular flexibility index (Phi) is 6.67. The molecular weight excluding hydrogens is 298 g/mol. The summed E-state index contributed by atoms with van der Waals surface area (Å²) in [6, 6.07) is 18.2. The van der Waals surface area contributed by atoms with Gasteiger partial charge in [0.25, 0.3) is 0 Å². The molecule has 2 N–H and O–H groups in total. The van der Waals surface area contributed by atoms with E-state index in [0.29, 0.717) is 25.0 Å². The van der Waals surface area contributed by atoms with Crippen molar-refractivity contribution in [1.29, 1.82) is 0 Å². The number of guanidine groups is 1. The molecule has 2 aromatic rings. The van der Waals surface area contributed by atoms with Crippen LogP contribution in [0, 0.1) is 0 Å². The van der Waals surface area contributed by atoms with Gasteiger partial charge in [-0.3, -0.25) is 0 Å². The van der Waals surface area contributed by atoms with Gasteiger partial charge in [-0.05, 0) is 42.2 Å². The van der Waals surface area contributed by atoms with E-state index in [1.165, 1.54) is 5.56 Å². The molecule has 0 amide bonds. The van der Waals surface area contributed by atoms with Crippen LogP contribution < -0.4 is 15.4 Å². The van der Waals surface area contributed by atoms with E-state index >= 15 is 0 Å². The summed E-state index contributed by atoms with van der Waals surface area (Å²) in [6.45, 7) is 5.47. The number of hydrogen-bond acceptors (Lipinski definition) is 2. The van der Waals surface area contributed by atoms with Gasteiger partial charge in [-0.15, -0.1) is 0 Å². The second kappa shape index (κ2) is 8.96. The van der Waals surface area contributed by atoms with Gasteiger partial charge >= 0.3 is 0 Å². The van der Waals surface area contributed by atoms with E-state index in [1.807, 2.05) is 42.3 Å². The lowest BCUT2D eigenvalue weighted by molar-refractivity contribution is 0.328. The second-order valence-electron chi connectivity index (χ2n) is 5.86. The van der Waals surface area contributed by atoms with Crippen molar-refractivity contribution in [2.24, 2.45) is 10.7 Å². The molecule has 4 nitrogen and oxygen atoms in total. The molecule has 0 aliphatic heterocycles. The van der Waals surface area contributed by atoms with Crippen molar-refractivity contribution < 1.29 is 4.74 Å². The highest BCUT2D eigenvalue weighted by molar-refractivity contribution is 5.94. The molecule has 0 heterocycles. The molecule has 0 bridgehead atoms. The lowest BCUT2D eigenvalue weighted by Gasteiger charge is -2.19. The minimum absolute atomic E-state index is 0.489. The van der Waals surface area contributed by atoms with E-state index in [9.17, 15) is 0 Å². The average Bonchev–Trinajstić information content (AvgIpc) is 2.64. The monoisotopic (exact) mass is 325 g/mol. The fourth-order valence-corrected chi connectivity index (χ4v) is 2.34. The molecule has 0 saturated heterocycles. The third kappa shape index (κ3) is 5.01. The Morgan fingerprint density at radius 3 is 2.42 bits per heavy atom. The summed E-state index contributed by atoms with van der Waals surface area (Å²) in [6.07, 6.45) is 1.14. The first-order valence-electron chi connectivity index (χ1n) is 8.43. The van der Waals surface area contributed by atoms with Gasteiger partial charge in [-0.1, -0.05) is 44.2 Å². The molecule has 4 heteroatoms. The SMILES string of the molecule is CCC(C)c1ccc(N(C)C(N)=NCCOc2ccccc2)cc1. The zero-order chi connectivity index (χ0) is 17.4. The van der Waals surface area contributed by atoms with Crippen molar-refractivity contribution in [2.75, 3.05) is 25.1 Å². The molecule has 2 rings (SSSR count). The lowest BCUT2D eigenvalue weighted by Crippen LogP contribution is -2.34. The van der Waals surface area contributed by atoms with Gasteiger partial charge in [0, 0.05) is 12.7 Å². The van der Waals surface area contributed by atoms with Crippen LogP contribution in [-0.2, 0) is 0 Å². The number of anilines is 1. The molecule has 0 radical (unpaired) electrons. The topological polar surface area (TPSA) is 50.8 Å². The van der Waals surface area contributed by atoms with E-state index in [0.717, 1.165) is 17.9 Å². The Morgan fingerprint density at radius 1 is 1.12 bits per heavy atom. The maximum absolute atomic E-state index is 6.07. The lowest BCUT2D eigenvalue weighted by atomic mass is 9.98. The minimum Gasteiger partial charge on any atom is -0.492 e. The highest BCUT2D eigenvalue weighted by Crippen LogP contribution is 2.21. The van der Waals surface area contributed by atoms with Crippen molar-refractivity contribution in [2.45, 2.75) is 26.2 Å². The summed E-state index contributed by atoms with van der Waals surface area (Å²) in [5.41, 5.74) is 8.46. The van der Waals surface area contributed by atoms with Gasteiger partial charge in [-0.25, -0.2) is 4.99 Å². The standard InChI is InChI=1S/C20H27N3O/c1-4-16(2)17-10-12-18(13-11-17)23(3)20(21)22-14-15-24-19-8-6-5-7-9-19/h5-13,16H,4,14-15H2,1-3H3,(H2,21,22). The summed E-state index contributed by atoms with van der Waals surface area (Å²) in [7, 11) is 1.93. The molecule has 2 aromatic carbocycles. The molecule has 1 atom stereocenters. The molecule has 128 valence electrons. The summed E-state index contributed by atoms with van der Waals surface area (Å²) in [5, 5.41) is 0. The average molecular weight is 325 g/mol. The minimum atomic E-state index is 0.489. The Labute approximate surface area is 145 Å². The van der Waals surface area contributed by atoms with E-state index in [4.69, 9.17) is 10.5 Å². The third-order valence-electron chi connectivity index (χ3n) is 4.18. The van der Waals surface area contributed by atoms with Gasteiger partial charge in [0.15, 0.2) is 5.96 Å². The largest absolute Gasteiger partial charge is 0.492 e. The summed E-state index contributed by atoms with van der Waals surface area (Å²) >= 11 is 0. The van der Waals surface area contributed by atoms with Crippen LogP contribution in [0.3, 0.4) is 0 Å². The quantitative estimate of drug-likeness (QED) is 0.475. The van der Waals surface area contributed by atoms with Gasteiger partial charge in [0.2, 0.25) is 0 Å². The Balaban J connectivity index is 1.87. The van der Waals surface area contributed by atoms with Crippen LogP contribution in [-0.4, -0.2) is 26.2 Å². The first-order chi connectivity index (χ1) is 11.6. The number of rotatable bonds is 7. The number of hydrogen-bond donors (Lipinski definition) is 1. The van der Waals surface area contributed by atoms with Crippen LogP contribution in [0.5, 0.6) is 5.75 Å². The molecule has 0 aliphatic carbocycles. The summed E-state index contributed by atoms with van der Waals surface area (Å²) in [5.74, 6) is 1.91. The van der Waals surface area contributed by atoms with Crippen LogP contribution >= 0.6 is 0 Å². The van der Waals surface area contributed by atoms with Crippen LogP contribution in [0.15, 0.2) is 59.6 Å². The fourth-order valence-electron chi connectivity index (χ4n) is 2.34. The van der Waals surface area contributed by atoms with E-state index in [-0.39, 0.29) is 0 Å². The summed E-state index contributed by atoms with van der Waals surface area (Å²) < 4.78 is 5.62. The van der Waals surface area contributed by atoms with E-state index in [1.54, 1.807) is 0 Å². The van der Waals surface area contributed by atoms with Gasteiger partial charge in [0.1, 0.15) is 12.4 Å². The van der Waals surface area contributed by atoms with Crippen molar-refractivity contribution in [3.63, 3.8) is 0 Å². The predicted molar refractivity (Wildman–Crippen MR) is 102 cm³/mol. The molecule has 24 heavy (non-hydrogen) atoms. The molecule has 0 fully saturated rings. The first kappa shape index (κ1) is 17.9. The van der Waals surface area contributed by atoms with E-state index in [2.05, 4.69) is 43.1 Å². The van der Waals surface area contributed by atoms with Crippen molar-refractivity contribution in [3.05, 3.63) is 60.2 Å². The number of aliphatic imine (C=N–C) groups is 1. The fraction of sp³-hybridized carbons (Fsp3) is 0.350. The first-order valence-corrected chi connectivity index (χ1v) is 8.43. The van der Waals surface area contributed by atoms with Crippen molar-refractivity contribution >= 4 is 11.6 Å². The number of benzene rings is 2. The zero-order valence-electron chi connectivity index (χ0n) is 14.8. The third-order valence-corrected chi connectivity index (χ3v) is 4.18. The Hall–Kier alpha value is -2.49. The number of ether oxygens (including phenoxy) is 1. The van der Waals surface area contributed by atoms with Crippen LogP contribution in [0.25, 0.3) is 0 Å². The maximum atomic E-state index is 6.07. The molecule has 0 spiro atoms. The molecule has 0 aliphatic rings. The number of nitrogens with two attached hydrogens (primary N) is 1. The number of nitrogens with zero attached hydrogens (tertiary/aromatic N) is 2. The van der Waals surface area contributed by atoms with Crippen molar-refractivity contribution in [1.82, 2.24) is 0 Å². The van der Waals surface area contributed by atoms with Crippen LogP contribution in [0.1, 0.15) is 31.7 Å². The van der Waals surface area contributed by atoms with Gasteiger partial charge in [0.05, 0.1) is 6.54 Å². The summed E-state index contributed by atoms with van der Waals surface area (Å²) in [4.78, 5) is 6.28. The number of para-hydroxylation sites is 1. The molecule has 0 saturated carbocycles. The highest BCUT2D eigenvalue weighted by Gasteiger charge is 2.07. The van der Waals surface area contributed by atoms with Crippen molar-refractivity contribution in [3.8, 4) is 5.75 Å². The molecule has 1 unspecified atom stereocenters. The van der Waals surface area contributed by atoms with Crippen LogP contribution in [0.2, 0.25) is 0 Å². The maximum Gasteiger partial charge on any atom is 0.195 e. The highest BCUT2D eigenvalue weighted by atomic mass is 16.5.